The maximum Gasteiger partial charge on any atom is 0.266 e. The van der Waals surface area contributed by atoms with Crippen LogP contribution in [-0.2, 0) is 24.6 Å². The van der Waals surface area contributed by atoms with Crippen molar-refractivity contribution in [1.82, 2.24) is 14.7 Å². The molecule has 7 heteroatoms. The predicted octanol–water partition coefficient (Wildman–Crippen LogP) is 1.87. The van der Waals surface area contributed by atoms with E-state index in [1.807, 2.05) is 10.3 Å². The second-order valence-corrected chi connectivity index (χ2v) is 7.44. The first kappa shape index (κ1) is 15.7. The van der Waals surface area contributed by atoms with Crippen LogP contribution >= 0.6 is 11.3 Å². The van der Waals surface area contributed by atoms with Gasteiger partial charge in [0.1, 0.15) is 6.10 Å². The molecule has 2 aromatic rings. The first-order valence-corrected chi connectivity index (χ1v) is 9.27. The number of aromatic nitrogens is 2. The summed E-state index contributed by atoms with van der Waals surface area (Å²) in [4.78, 5) is 27.9. The summed E-state index contributed by atoms with van der Waals surface area (Å²) in [5.74, 6) is 0.0981. The fourth-order valence-electron chi connectivity index (χ4n) is 3.54. The van der Waals surface area contributed by atoms with Crippen molar-refractivity contribution >= 4 is 17.2 Å². The van der Waals surface area contributed by atoms with Crippen molar-refractivity contribution in [2.75, 3.05) is 19.7 Å². The molecule has 128 valence electrons. The van der Waals surface area contributed by atoms with Crippen LogP contribution in [-0.4, -0.2) is 40.3 Å². The van der Waals surface area contributed by atoms with E-state index in [2.05, 4.69) is 5.10 Å². The number of nitrogens with zero attached hydrogens (tertiary/aromatic N) is 2. The highest BCUT2D eigenvalue weighted by atomic mass is 32.1. The number of nitrogens with one attached hydrogen (secondary N) is 1. The molecule has 0 radical (unpaired) electrons. The Hall–Kier alpha value is -1.86. The van der Waals surface area contributed by atoms with Gasteiger partial charge in [0.25, 0.3) is 11.5 Å². The smallest absolute Gasteiger partial charge is 0.266 e. The van der Waals surface area contributed by atoms with E-state index in [9.17, 15) is 9.59 Å². The third kappa shape index (κ3) is 2.71. The fraction of sp³-hybridized carbons (Fsp3) is 0.529. The van der Waals surface area contributed by atoms with Crippen molar-refractivity contribution in [3.8, 4) is 0 Å². The zero-order valence-electron chi connectivity index (χ0n) is 13.7. The minimum Gasteiger partial charge on any atom is -0.368 e. The minimum atomic E-state index is -0.272. The summed E-state index contributed by atoms with van der Waals surface area (Å²) < 4.78 is 7.19. The van der Waals surface area contributed by atoms with Gasteiger partial charge in [0.2, 0.25) is 0 Å². The Morgan fingerprint density at radius 2 is 2.21 bits per heavy atom. The zero-order valence-corrected chi connectivity index (χ0v) is 14.5. The summed E-state index contributed by atoms with van der Waals surface area (Å²) >= 11 is 1.72. The molecule has 1 atom stereocenters. The van der Waals surface area contributed by atoms with Crippen molar-refractivity contribution in [2.24, 2.45) is 7.05 Å². The second-order valence-electron chi connectivity index (χ2n) is 6.48. The Labute approximate surface area is 144 Å². The Kier molecular flexibility index (Phi) is 4.05. The summed E-state index contributed by atoms with van der Waals surface area (Å²) in [7, 11) is 1.68. The van der Waals surface area contributed by atoms with E-state index >= 15 is 0 Å². The molecule has 1 aliphatic carbocycles. The van der Waals surface area contributed by atoms with Crippen LogP contribution in [0.25, 0.3) is 0 Å². The number of carbonyl (C=O) groups excluding carboxylic acids is 1. The number of amides is 1. The molecule has 0 bridgehead atoms. The molecule has 0 saturated carbocycles. The summed E-state index contributed by atoms with van der Waals surface area (Å²) in [5.41, 5.74) is 2.76. The standard InChI is InChI=1S/C17H21N3O3S/c1-19-16(21)8-13(18-19)14-9-20(6-7-23-14)17(22)12-10-24-15-5-3-2-4-11(12)15/h8,10,14,18H,2-7,9H2,1H3. The number of carbonyl (C=O) groups is 1. The van der Waals surface area contributed by atoms with Gasteiger partial charge in [0.15, 0.2) is 0 Å². The summed E-state index contributed by atoms with van der Waals surface area (Å²) in [6, 6.07) is 1.55. The number of hydrogen-bond donors (Lipinski definition) is 1. The van der Waals surface area contributed by atoms with Gasteiger partial charge in [-0.2, -0.15) is 0 Å². The Morgan fingerprint density at radius 1 is 1.38 bits per heavy atom. The lowest BCUT2D eigenvalue weighted by Crippen LogP contribution is -2.42. The van der Waals surface area contributed by atoms with Crippen molar-refractivity contribution < 1.29 is 9.53 Å². The molecule has 6 nitrogen and oxygen atoms in total. The number of ether oxygens (including phenoxy) is 1. The molecule has 1 unspecified atom stereocenters. The Bertz CT molecular complexity index is 819. The molecule has 4 rings (SSSR count). The maximum atomic E-state index is 13.0. The van der Waals surface area contributed by atoms with E-state index in [0.29, 0.717) is 19.7 Å². The molecule has 1 N–H and O–H groups in total. The molecule has 0 aromatic carbocycles. The summed E-state index contributed by atoms with van der Waals surface area (Å²) in [5, 5.41) is 5.02. The van der Waals surface area contributed by atoms with E-state index in [1.165, 1.54) is 28.0 Å². The normalized spacial score (nSPS) is 20.9. The topological polar surface area (TPSA) is 67.3 Å². The van der Waals surface area contributed by atoms with Gasteiger partial charge in [-0.1, -0.05) is 0 Å². The monoisotopic (exact) mass is 347 g/mol. The van der Waals surface area contributed by atoms with Crippen LogP contribution in [0.5, 0.6) is 0 Å². The number of aromatic amines is 1. The number of hydrogen-bond acceptors (Lipinski definition) is 4. The van der Waals surface area contributed by atoms with Crippen LogP contribution in [0.4, 0.5) is 0 Å². The average molecular weight is 347 g/mol. The lowest BCUT2D eigenvalue weighted by molar-refractivity contribution is -0.0249. The predicted molar refractivity (Wildman–Crippen MR) is 91.6 cm³/mol. The largest absolute Gasteiger partial charge is 0.368 e. The summed E-state index contributed by atoms with van der Waals surface area (Å²) in [6.45, 7) is 1.56. The molecule has 1 amide bonds. The molecular weight excluding hydrogens is 326 g/mol. The van der Waals surface area contributed by atoms with Crippen LogP contribution in [0.15, 0.2) is 16.2 Å². The van der Waals surface area contributed by atoms with Crippen LogP contribution < -0.4 is 5.56 Å². The number of aryl methyl sites for hydroxylation is 2. The quantitative estimate of drug-likeness (QED) is 0.902. The van der Waals surface area contributed by atoms with Gasteiger partial charge in [-0.05, 0) is 31.2 Å². The van der Waals surface area contributed by atoms with Gasteiger partial charge < -0.3 is 9.64 Å². The molecule has 2 aromatic heterocycles. The Morgan fingerprint density at radius 3 is 3.00 bits per heavy atom. The maximum absolute atomic E-state index is 13.0. The minimum absolute atomic E-state index is 0.0936. The first-order chi connectivity index (χ1) is 11.6. The number of rotatable bonds is 2. The van der Waals surface area contributed by atoms with E-state index in [-0.39, 0.29) is 17.6 Å². The average Bonchev–Trinajstić information content (AvgIpc) is 3.18. The fourth-order valence-corrected chi connectivity index (χ4v) is 4.66. The molecule has 2 aliphatic rings. The SMILES string of the molecule is Cn1[nH]c(C2CN(C(=O)c3csc4c3CCCC4)CCO2)cc1=O. The number of thiophene rings is 1. The molecule has 1 aliphatic heterocycles. The van der Waals surface area contributed by atoms with Crippen LogP contribution in [0.1, 0.15) is 45.4 Å². The van der Waals surface area contributed by atoms with Crippen LogP contribution in [0, 0.1) is 0 Å². The molecule has 0 spiro atoms. The van der Waals surface area contributed by atoms with Gasteiger partial charge >= 0.3 is 0 Å². The zero-order chi connectivity index (χ0) is 16.7. The first-order valence-electron chi connectivity index (χ1n) is 8.39. The van der Waals surface area contributed by atoms with Gasteiger partial charge in [-0.25, -0.2) is 0 Å². The van der Waals surface area contributed by atoms with Gasteiger partial charge in [0, 0.05) is 29.9 Å². The van der Waals surface area contributed by atoms with Crippen molar-refractivity contribution in [1.29, 1.82) is 0 Å². The van der Waals surface area contributed by atoms with E-state index < -0.39 is 0 Å². The van der Waals surface area contributed by atoms with Crippen molar-refractivity contribution in [3.63, 3.8) is 0 Å². The summed E-state index contributed by atoms with van der Waals surface area (Å²) in [6.07, 6.45) is 4.23. The molecule has 24 heavy (non-hydrogen) atoms. The molecule has 3 heterocycles. The van der Waals surface area contributed by atoms with E-state index in [4.69, 9.17) is 4.74 Å². The molecule has 1 fully saturated rings. The second kappa shape index (κ2) is 6.22. The highest BCUT2D eigenvalue weighted by Crippen LogP contribution is 2.31. The van der Waals surface area contributed by atoms with Crippen LogP contribution in [0.2, 0.25) is 0 Å². The number of morpholine rings is 1. The van der Waals surface area contributed by atoms with Gasteiger partial charge in [-0.3, -0.25) is 19.4 Å². The highest BCUT2D eigenvalue weighted by Gasteiger charge is 2.30. The third-order valence-electron chi connectivity index (χ3n) is 4.90. The van der Waals surface area contributed by atoms with E-state index in [0.717, 1.165) is 24.1 Å². The lowest BCUT2D eigenvalue weighted by atomic mass is 9.95. The van der Waals surface area contributed by atoms with E-state index in [1.54, 1.807) is 24.5 Å². The van der Waals surface area contributed by atoms with Crippen molar-refractivity contribution in [3.05, 3.63) is 43.5 Å². The van der Waals surface area contributed by atoms with Gasteiger partial charge in [0.05, 0.1) is 24.4 Å². The third-order valence-corrected chi connectivity index (χ3v) is 5.99. The number of H-pyrrole nitrogens is 1. The van der Waals surface area contributed by atoms with Crippen molar-refractivity contribution in [2.45, 2.75) is 31.8 Å². The van der Waals surface area contributed by atoms with Gasteiger partial charge in [-0.15, -0.1) is 11.3 Å². The molecule has 1 saturated heterocycles. The Balaban J connectivity index is 1.54. The highest BCUT2D eigenvalue weighted by molar-refractivity contribution is 7.10. The lowest BCUT2D eigenvalue weighted by Gasteiger charge is -2.32. The number of fused-ring (bicyclic) bond motifs is 1. The van der Waals surface area contributed by atoms with Crippen LogP contribution in [0.3, 0.4) is 0 Å². The molecular formula is C17H21N3O3S.